The van der Waals surface area contributed by atoms with Gasteiger partial charge >= 0.3 is 12.4 Å². The number of halogens is 7. The van der Waals surface area contributed by atoms with Gasteiger partial charge in [0.05, 0.1) is 29.0 Å². The first-order chi connectivity index (χ1) is 15.9. The SMILES string of the molecule is CCOc1[nH]n(-c2ncc(C(F)(F)F)cc2Cl)c(=O)c1/C=N\OCc1ccc(C(F)(F)F)cc1. The van der Waals surface area contributed by atoms with Crippen molar-refractivity contribution in [3.05, 3.63) is 74.2 Å². The molecule has 0 spiro atoms. The molecule has 0 fully saturated rings. The molecule has 34 heavy (non-hydrogen) atoms. The summed E-state index contributed by atoms with van der Waals surface area (Å²) in [6, 6.07) is 4.83. The zero-order valence-electron chi connectivity index (χ0n) is 17.2. The van der Waals surface area contributed by atoms with Crippen molar-refractivity contribution >= 4 is 17.8 Å². The van der Waals surface area contributed by atoms with Crippen molar-refractivity contribution in [2.45, 2.75) is 25.9 Å². The number of benzene rings is 1. The van der Waals surface area contributed by atoms with Gasteiger partial charge in [-0.05, 0) is 30.7 Å². The molecule has 0 unspecified atom stereocenters. The maximum atomic E-state index is 12.8. The monoisotopic (exact) mass is 508 g/mol. The van der Waals surface area contributed by atoms with E-state index in [1.165, 1.54) is 12.1 Å². The van der Waals surface area contributed by atoms with Crippen LogP contribution < -0.4 is 10.3 Å². The number of nitrogens with one attached hydrogen (secondary N) is 1. The van der Waals surface area contributed by atoms with Crippen LogP contribution in [-0.2, 0) is 23.8 Å². The van der Waals surface area contributed by atoms with Crippen molar-refractivity contribution in [1.82, 2.24) is 14.8 Å². The highest BCUT2D eigenvalue weighted by atomic mass is 35.5. The van der Waals surface area contributed by atoms with Crippen LogP contribution >= 0.6 is 11.6 Å². The second-order valence-corrected chi connectivity index (χ2v) is 7.07. The minimum atomic E-state index is -4.67. The van der Waals surface area contributed by atoms with Crippen LogP contribution in [0.1, 0.15) is 29.2 Å². The zero-order chi connectivity index (χ0) is 25.1. The number of oxime groups is 1. The number of rotatable bonds is 7. The summed E-state index contributed by atoms with van der Waals surface area (Å²) in [7, 11) is 0. The molecular weight excluding hydrogens is 494 g/mol. The highest BCUT2D eigenvalue weighted by molar-refractivity contribution is 6.32. The van der Waals surface area contributed by atoms with Crippen molar-refractivity contribution in [2.24, 2.45) is 5.16 Å². The number of hydrogen-bond donors (Lipinski definition) is 1. The van der Waals surface area contributed by atoms with E-state index in [2.05, 4.69) is 15.2 Å². The molecule has 0 saturated heterocycles. The largest absolute Gasteiger partial charge is 0.478 e. The number of ether oxygens (including phenoxy) is 1. The highest BCUT2D eigenvalue weighted by Gasteiger charge is 2.32. The van der Waals surface area contributed by atoms with Gasteiger partial charge in [-0.1, -0.05) is 28.9 Å². The van der Waals surface area contributed by atoms with Gasteiger partial charge in [0.1, 0.15) is 12.2 Å². The number of aromatic nitrogens is 3. The van der Waals surface area contributed by atoms with Gasteiger partial charge in [-0.25, -0.2) is 4.98 Å². The summed E-state index contributed by atoms with van der Waals surface area (Å²) >= 11 is 5.90. The van der Waals surface area contributed by atoms with E-state index in [9.17, 15) is 31.1 Å². The topological polar surface area (TPSA) is 81.5 Å². The van der Waals surface area contributed by atoms with Gasteiger partial charge in [0.25, 0.3) is 5.56 Å². The fourth-order valence-electron chi connectivity index (χ4n) is 2.69. The Morgan fingerprint density at radius 1 is 1.12 bits per heavy atom. The van der Waals surface area contributed by atoms with Crippen molar-refractivity contribution in [2.75, 3.05) is 6.61 Å². The van der Waals surface area contributed by atoms with Crippen molar-refractivity contribution in [3.63, 3.8) is 0 Å². The van der Waals surface area contributed by atoms with E-state index >= 15 is 0 Å². The number of hydrogen-bond acceptors (Lipinski definition) is 5. The number of aromatic amines is 1. The highest BCUT2D eigenvalue weighted by Crippen LogP contribution is 2.32. The predicted molar refractivity (Wildman–Crippen MR) is 109 cm³/mol. The van der Waals surface area contributed by atoms with E-state index in [0.717, 1.165) is 23.0 Å². The number of H-pyrrole nitrogens is 1. The lowest BCUT2D eigenvalue weighted by molar-refractivity contribution is -0.138. The summed E-state index contributed by atoms with van der Waals surface area (Å²) in [5.41, 5.74) is -2.46. The lowest BCUT2D eigenvalue weighted by atomic mass is 10.1. The van der Waals surface area contributed by atoms with Crippen LogP contribution in [0.2, 0.25) is 5.02 Å². The van der Waals surface area contributed by atoms with Crippen LogP contribution in [-0.4, -0.2) is 27.6 Å². The molecule has 182 valence electrons. The average Bonchev–Trinajstić information content (AvgIpc) is 3.05. The van der Waals surface area contributed by atoms with Crippen LogP contribution in [0.15, 0.2) is 46.5 Å². The third-order valence-electron chi connectivity index (χ3n) is 4.31. The van der Waals surface area contributed by atoms with E-state index in [0.29, 0.717) is 17.8 Å². The Kier molecular flexibility index (Phi) is 7.24. The van der Waals surface area contributed by atoms with Crippen LogP contribution in [0.5, 0.6) is 5.88 Å². The van der Waals surface area contributed by atoms with Gasteiger partial charge in [-0.15, -0.1) is 0 Å². The van der Waals surface area contributed by atoms with Gasteiger partial charge in [0, 0.05) is 6.20 Å². The van der Waals surface area contributed by atoms with Gasteiger partial charge in [-0.2, -0.15) is 31.0 Å². The molecule has 2 heterocycles. The average molecular weight is 509 g/mol. The first-order valence-corrected chi connectivity index (χ1v) is 9.82. The molecule has 0 aliphatic rings. The summed E-state index contributed by atoms with van der Waals surface area (Å²) < 4.78 is 82.5. The van der Waals surface area contributed by atoms with Crippen LogP contribution in [0.25, 0.3) is 5.82 Å². The molecule has 3 rings (SSSR count). The Morgan fingerprint density at radius 3 is 2.32 bits per heavy atom. The molecule has 0 atom stereocenters. The van der Waals surface area contributed by atoms with E-state index < -0.39 is 34.1 Å². The van der Waals surface area contributed by atoms with E-state index in [1.54, 1.807) is 6.92 Å². The maximum absolute atomic E-state index is 12.8. The molecule has 0 aliphatic carbocycles. The zero-order valence-corrected chi connectivity index (χ0v) is 17.9. The van der Waals surface area contributed by atoms with E-state index in [1.807, 2.05) is 0 Å². The van der Waals surface area contributed by atoms with Crippen molar-refractivity contribution < 1.29 is 35.9 Å². The predicted octanol–water partition coefficient (Wildman–Crippen LogP) is 5.20. The molecule has 1 aromatic carbocycles. The van der Waals surface area contributed by atoms with Crippen molar-refractivity contribution in [3.8, 4) is 11.7 Å². The summed E-state index contributed by atoms with van der Waals surface area (Å²) in [6.45, 7) is 1.56. The normalized spacial score (nSPS) is 12.4. The second kappa shape index (κ2) is 9.79. The maximum Gasteiger partial charge on any atom is 0.417 e. The summed E-state index contributed by atoms with van der Waals surface area (Å²) in [4.78, 5) is 21.4. The van der Waals surface area contributed by atoms with E-state index in [4.69, 9.17) is 21.2 Å². The Morgan fingerprint density at radius 2 is 1.76 bits per heavy atom. The standard InChI is InChI=1S/C20H15ClF6N4O3/c1-2-33-17-14(9-29-34-10-11-3-5-12(6-4-11)19(22,23)24)18(32)31(30-17)16-15(21)7-13(8-28-16)20(25,26)27/h3-9,30H,2,10H2,1H3/b29-9-. The fraction of sp³-hybridized carbons (Fsp3) is 0.250. The lowest BCUT2D eigenvalue weighted by Gasteiger charge is -2.09. The lowest BCUT2D eigenvalue weighted by Crippen LogP contribution is -2.19. The Bertz CT molecular complexity index is 1230. The summed E-state index contributed by atoms with van der Waals surface area (Å²) in [5.74, 6) is -0.377. The first-order valence-electron chi connectivity index (χ1n) is 9.44. The van der Waals surface area contributed by atoms with E-state index in [-0.39, 0.29) is 30.5 Å². The molecule has 7 nitrogen and oxygen atoms in total. The molecule has 2 aromatic heterocycles. The van der Waals surface area contributed by atoms with Gasteiger partial charge < -0.3 is 9.57 Å². The Labute approximate surface area is 192 Å². The van der Waals surface area contributed by atoms with Gasteiger partial charge in [-0.3, -0.25) is 9.89 Å². The van der Waals surface area contributed by atoms with Crippen LogP contribution in [0, 0.1) is 0 Å². The third kappa shape index (κ3) is 5.71. The van der Waals surface area contributed by atoms with Crippen LogP contribution in [0.3, 0.4) is 0 Å². The Balaban J connectivity index is 1.81. The number of pyridine rings is 1. The third-order valence-corrected chi connectivity index (χ3v) is 4.59. The fourth-order valence-corrected chi connectivity index (χ4v) is 2.94. The molecule has 1 N–H and O–H groups in total. The number of nitrogens with zero attached hydrogens (tertiary/aromatic N) is 3. The first kappa shape index (κ1) is 25.1. The quantitative estimate of drug-likeness (QED) is 0.270. The number of alkyl halides is 6. The molecule has 0 amide bonds. The minimum absolute atomic E-state index is 0.0767. The summed E-state index contributed by atoms with van der Waals surface area (Å²) in [6.07, 6.45) is -7.63. The molecule has 0 aliphatic heterocycles. The molecule has 0 saturated carbocycles. The molecule has 3 aromatic rings. The minimum Gasteiger partial charge on any atom is -0.478 e. The summed E-state index contributed by atoms with van der Waals surface area (Å²) in [5, 5.41) is 5.73. The molecular formula is C20H15ClF6N4O3. The second-order valence-electron chi connectivity index (χ2n) is 6.66. The smallest absolute Gasteiger partial charge is 0.417 e. The van der Waals surface area contributed by atoms with Crippen molar-refractivity contribution in [1.29, 1.82) is 0 Å². The molecule has 14 heteroatoms. The molecule has 0 radical (unpaired) electrons. The van der Waals surface area contributed by atoms with Gasteiger partial charge in [0.15, 0.2) is 5.82 Å². The molecule has 0 bridgehead atoms. The van der Waals surface area contributed by atoms with Crippen LogP contribution in [0.4, 0.5) is 26.3 Å². The van der Waals surface area contributed by atoms with Gasteiger partial charge in [0.2, 0.25) is 5.88 Å². The Hall–Kier alpha value is -3.48.